The summed E-state index contributed by atoms with van der Waals surface area (Å²) in [7, 11) is 0. The molecule has 1 heterocycles. The van der Waals surface area contributed by atoms with E-state index in [4.69, 9.17) is 23.2 Å². The first kappa shape index (κ1) is 15.3. The molecule has 3 atom stereocenters. The van der Waals surface area contributed by atoms with Crippen LogP contribution in [0.1, 0.15) is 30.9 Å². The minimum absolute atomic E-state index is 0.0571. The molecular weight excluding hydrogens is 323 g/mol. The van der Waals surface area contributed by atoms with Gasteiger partial charge in [-0.05, 0) is 42.9 Å². The molecule has 1 aliphatic carbocycles. The molecule has 7 heteroatoms. The smallest absolute Gasteiger partial charge is 0.244 e. The predicted molar refractivity (Wildman–Crippen MR) is 85.1 cm³/mol. The first-order valence-corrected chi connectivity index (χ1v) is 7.88. The van der Waals surface area contributed by atoms with Gasteiger partial charge in [-0.15, -0.1) is 0 Å². The molecule has 1 fully saturated rings. The van der Waals surface area contributed by atoms with E-state index in [1.54, 1.807) is 13.0 Å². The maximum absolute atomic E-state index is 12.1. The molecular formula is C15H16Cl2N4O. The summed E-state index contributed by atoms with van der Waals surface area (Å²) in [5.74, 6) is 0.760. The molecule has 1 amide bonds. The SMILES string of the molecule is CC(C(=O)NC[C@@H]1C[C@H]1c1ccc(Cl)cc1Cl)n1cncn1. The van der Waals surface area contributed by atoms with Gasteiger partial charge < -0.3 is 5.32 Å². The number of hydrogen-bond acceptors (Lipinski definition) is 3. The third kappa shape index (κ3) is 3.25. The molecule has 1 aromatic carbocycles. The van der Waals surface area contributed by atoms with Crippen LogP contribution in [0.2, 0.25) is 10.0 Å². The third-order valence-electron chi connectivity index (χ3n) is 4.04. The highest BCUT2D eigenvalue weighted by Crippen LogP contribution is 2.49. The molecule has 1 N–H and O–H groups in total. The largest absolute Gasteiger partial charge is 0.354 e. The van der Waals surface area contributed by atoms with Gasteiger partial charge in [-0.1, -0.05) is 29.3 Å². The number of nitrogens with one attached hydrogen (secondary N) is 1. The summed E-state index contributed by atoms with van der Waals surface area (Å²) in [4.78, 5) is 15.9. The van der Waals surface area contributed by atoms with Crippen molar-refractivity contribution in [2.24, 2.45) is 5.92 Å². The Labute approximate surface area is 138 Å². The second kappa shape index (κ2) is 6.26. The van der Waals surface area contributed by atoms with Crippen LogP contribution < -0.4 is 5.32 Å². The second-order valence-electron chi connectivity index (χ2n) is 5.56. The van der Waals surface area contributed by atoms with Crippen LogP contribution in [0.5, 0.6) is 0 Å². The van der Waals surface area contributed by atoms with Crippen molar-refractivity contribution in [2.45, 2.75) is 25.3 Å². The fourth-order valence-electron chi connectivity index (χ4n) is 2.57. The fraction of sp³-hybridized carbons (Fsp3) is 0.400. The quantitative estimate of drug-likeness (QED) is 0.911. The van der Waals surface area contributed by atoms with E-state index in [1.807, 2.05) is 12.1 Å². The summed E-state index contributed by atoms with van der Waals surface area (Å²) in [6.07, 6.45) is 3.99. The molecule has 2 aromatic rings. The second-order valence-corrected chi connectivity index (χ2v) is 6.41. The first-order valence-electron chi connectivity index (χ1n) is 7.13. The Morgan fingerprint density at radius 3 is 3.00 bits per heavy atom. The number of rotatable bonds is 5. The molecule has 0 saturated heterocycles. The highest BCUT2D eigenvalue weighted by atomic mass is 35.5. The predicted octanol–water partition coefficient (Wildman–Crippen LogP) is 3.07. The van der Waals surface area contributed by atoms with Crippen molar-refractivity contribution in [1.29, 1.82) is 0 Å². The van der Waals surface area contributed by atoms with Gasteiger partial charge in [-0.25, -0.2) is 9.67 Å². The van der Waals surface area contributed by atoms with Gasteiger partial charge in [0.15, 0.2) is 0 Å². The van der Waals surface area contributed by atoms with Gasteiger partial charge in [0.25, 0.3) is 0 Å². The molecule has 1 saturated carbocycles. The van der Waals surface area contributed by atoms with E-state index in [9.17, 15) is 4.79 Å². The zero-order valence-electron chi connectivity index (χ0n) is 12.0. The van der Waals surface area contributed by atoms with Gasteiger partial charge in [-0.2, -0.15) is 5.10 Å². The highest BCUT2D eigenvalue weighted by Gasteiger charge is 2.39. The molecule has 1 aliphatic rings. The number of halogens is 2. The molecule has 5 nitrogen and oxygen atoms in total. The monoisotopic (exact) mass is 338 g/mol. The lowest BCUT2D eigenvalue weighted by atomic mass is 10.1. The summed E-state index contributed by atoms with van der Waals surface area (Å²) in [6.45, 7) is 2.44. The fourth-order valence-corrected chi connectivity index (χ4v) is 3.12. The maximum atomic E-state index is 12.1. The molecule has 1 unspecified atom stereocenters. The Balaban J connectivity index is 1.53. The summed E-state index contributed by atoms with van der Waals surface area (Å²) >= 11 is 12.1. The van der Waals surface area contributed by atoms with Crippen LogP contribution in [-0.2, 0) is 4.79 Å². The van der Waals surface area contributed by atoms with Crippen molar-refractivity contribution in [2.75, 3.05) is 6.54 Å². The van der Waals surface area contributed by atoms with Gasteiger partial charge in [0, 0.05) is 16.6 Å². The topological polar surface area (TPSA) is 59.8 Å². The maximum Gasteiger partial charge on any atom is 0.244 e. The van der Waals surface area contributed by atoms with E-state index in [1.165, 1.54) is 17.3 Å². The Kier molecular flexibility index (Phi) is 4.36. The number of aromatic nitrogens is 3. The van der Waals surface area contributed by atoms with Crippen LogP contribution in [-0.4, -0.2) is 27.2 Å². The number of amides is 1. The van der Waals surface area contributed by atoms with Crippen LogP contribution in [0.15, 0.2) is 30.9 Å². The molecule has 0 bridgehead atoms. The van der Waals surface area contributed by atoms with Gasteiger partial charge in [0.1, 0.15) is 18.7 Å². The Hall–Kier alpha value is -1.59. The van der Waals surface area contributed by atoms with E-state index < -0.39 is 0 Å². The van der Waals surface area contributed by atoms with Gasteiger partial charge in [0.05, 0.1) is 0 Å². The highest BCUT2D eigenvalue weighted by molar-refractivity contribution is 6.35. The minimum atomic E-state index is -0.362. The van der Waals surface area contributed by atoms with Crippen LogP contribution in [0.25, 0.3) is 0 Å². The zero-order valence-corrected chi connectivity index (χ0v) is 13.6. The summed E-state index contributed by atoms with van der Waals surface area (Å²) in [5.41, 5.74) is 1.11. The lowest BCUT2D eigenvalue weighted by molar-refractivity contribution is -0.124. The number of carbonyl (C=O) groups is 1. The van der Waals surface area contributed by atoms with Crippen LogP contribution in [0.4, 0.5) is 0 Å². The van der Waals surface area contributed by atoms with Crippen LogP contribution in [0, 0.1) is 5.92 Å². The zero-order chi connectivity index (χ0) is 15.7. The average Bonchev–Trinajstić information content (AvgIpc) is 3.04. The molecule has 0 spiro atoms. The number of benzene rings is 1. The Morgan fingerprint density at radius 2 is 2.32 bits per heavy atom. The Bertz CT molecular complexity index is 674. The number of nitrogens with zero attached hydrogens (tertiary/aromatic N) is 3. The number of hydrogen-bond donors (Lipinski definition) is 1. The van der Waals surface area contributed by atoms with Crippen LogP contribution >= 0.6 is 23.2 Å². The van der Waals surface area contributed by atoms with Gasteiger partial charge in [-0.3, -0.25) is 4.79 Å². The van der Waals surface area contributed by atoms with E-state index in [0.717, 1.165) is 12.0 Å². The molecule has 116 valence electrons. The number of carbonyl (C=O) groups excluding carboxylic acids is 1. The summed E-state index contributed by atoms with van der Waals surface area (Å²) in [6, 6.07) is 5.22. The molecule has 22 heavy (non-hydrogen) atoms. The first-order chi connectivity index (χ1) is 10.6. The average molecular weight is 339 g/mol. The summed E-state index contributed by atoms with van der Waals surface area (Å²) in [5, 5.41) is 8.28. The van der Waals surface area contributed by atoms with E-state index in [0.29, 0.717) is 28.4 Å². The molecule has 0 aliphatic heterocycles. The van der Waals surface area contributed by atoms with Crippen molar-refractivity contribution < 1.29 is 4.79 Å². The lowest BCUT2D eigenvalue weighted by Gasteiger charge is -2.12. The van der Waals surface area contributed by atoms with Gasteiger partial charge >= 0.3 is 0 Å². The molecule has 3 rings (SSSR count). The van der Waals surface area contributed by atoms with Crippen molar-refractivity contribution >= 4 is 29.1 Å². The summed E-state index contributed by atoms with van der Waals surface area (Å²) < 4.78 is 1.54. The standard InChI is InChI=1S/C15H16Cl2N4O/c1-9(21-8-18-7-20-21)15(22)19-6-10-4-13(10)12-3-2-11(16)5-14(12)17/h2-3,5,7-10,13H,4,6H2,1H3,(H,19,22)/t9?,10-,13+/m0/s1. The van der Waals surface area contributed by atoms with Crippen molar-refractivity contribution in [3.05, 3.63) is 46.5 Å². The Morgan fingerprint density at radius 1 is 1.50 bits per heavy atom. The lowest BCUT2D eigenvalue weighted by Crippen LogP contribution is -2.32. The van der Waals surface area contributed by atoms with Crippen LogP contribution in [0.3, 0.4) is 0 Å². The van der Waals surface area contributed by atoms with Gasteiger partial charge in [0.2, 0.25) is 5.91 Å². The van der Waals surface area contributed by atoms with Crippen molar-refractivity contribution in [3.63, 3.8) is 0 Å². The molecule has 1 aromatic heterocycles. The van der Waals surface area contributed by atoms with E-state index in [-0.39, 0.29) is 11.9 Å². The van der Waals surface area contributed by atoms with E-state index in [2.05, 4.69) is 15.4 Å². The van der Waals surface area contributed by atoms with E-state index >= 15 is 0 Å². The normalized spacial score (nSPS) is 21.4. The van der Waals surface area contributed by atoms with Crippen molar-refractivity contribution in [3.8, 4) is 0 Å². The third-order valence-corrected chi connectivity index (χ3v) is 4.60. The molecule has 0 radical (unpaired) electrons. The minimum Gasteiger partial charge on any atom is -0.354 e. The van der Waals surface area contributed by atoms with Crippen molar-refractivity contribution in [1.82, 2.24) is 20.1 Å².